The molecule has 0 aliphatic heterocycles. The Balaban J connectivity index is 1.64. The first-order chi connectivity index (χ1) is 12.1. The maximum Gasteiger partial charge on any atom is 0.419 e. The molecule has 0 aliphatic rings. The van der Waals surface area contributed by atoms with Crippen molar-refractivity contribution in [3.05, 3.63) is 58.6 Å². The first-order valence-corrected chi connectivity index (χ1v) is 8.00. The van der Waals surface area contributed by atoms with Gasteiger partial charge in [0.1, 0.15) is 0 Å². The number of rotatable bonds is 7. The van der Waals surface area contributed by atoms with Gasteiger partial charge >= 0.3 is 5.76 Å². The third-order valence-electron chi connectivity index (χ3n) is 3.93. The van der Waals surface area contributed by atoms with Gasteiger partial charge in [-0.2, -0.15) is 0 Å². The van der Waals surface area contributed by atoms with Crippen molar-refractivity contribution < 1.29 is 18.7 Å². The van der Waals surface area contributed by atoms with E-state index in [2.05, 4.69) is 0 Å². The number of nitrogens with zero attached hydrogens (tertiary/aromatic N) is 1. The number of hydrogen-bond donors (Lipinski definition) is 0. The molecular weight excluding hydrogens is 322 g/mol. The number of benzene rings is 2. The summed E-state index contributed by atoms with van der Waals surface area (Å²) < 4.78 is 17.8. The van der Waals surface area contributed by atoms with Gasteiger partial charge in [-0.25, -0.2) is 4.79 Å². The standard InChI is InChI=1S/C19H19NO5/c1-13(21)14-8-9-17(18(12-14)23-2)24-11-5-10-20-15-6-3-4-7-16(15)25-19(20)22/h3-4,6-9,12H,5,10-11H2,1-2H3. The molecule has 25 heavy (non-hydrogen) atoms. The summed E-state index contributed by atoms with van der Waals surface area (Å²) in [7, 11) is 1.53. The molecule has 1 aromatic heterocycles. The molecule has 0 bridgehead atoms. The Bertz CT molecular complexity index is 954. The molecule has 6 nitrogen and oxygen atoms in total. The van der Waals surface area contributed by atoms with Crippen LogP contribution in [0.4, 0.5) is 0 Å². The van der Waals surface area contributed by atoms with E-state index in [4.69, 9.17) is 13.9 Å². The number of oxazole rings is 1. The van der Waals surface area contributed by atoms with Crippen molar-refractivity contribution in [1.82, 2.24) is 4.57 Å². The summed E-state index contributed by atoms with van der Waals surface area (Å²) in [5, 5.41) is 0. The van der Waals surface area contributed by atoms with Crippen LogP contribution < -0.4 is 15.2 Å². The number of methoxy groups -OCH3 is 1. The Morgan fingerprint density at radius 3 is 2.72 bits per heavy atom. The molecule has 0 radical (unpaired) electrons. The SMILES string of the molecule is COc1cc(C(C)=O)ccc1OCCCn1c(=O)oc2ccccc21. The lowest BCUT2D eigenvalue weighted by Crippen LogP contribution is -2.16. The van der Waals surface area contributed by atoms with Crippen molar-refractivity contribution in [1.29, 1.82) is 0 Å². The zero-order valence-electron chi connectivity index (χ0n) is 14.2. The molecule has 3 aromatic rings. The molecule has 0 saturated carbocycles. The van der Waals surface area contributed by atoms with Gasteiger partial charge in [-0.05, 0) is 43.7 Å². The minimum atomic E-state index is -0.371. The summed E-state index contributed by atoms with van der Waals surface area (Å²) in [4.78, 5) is 23.3. The number of aryl methyl sites for hydroxylation is 1. The molecular formula is C19H19NO5. The fourth-order valence-electron chi connectivity index (χ4n) is 2.64. The molecule has 2 aromatic carbocycles. The monoisotopic (exact) mass is 341 g/mol. The van der Waals surface area contributed by atoms with E-state index >= 15 is 0 Å². The number of para-hydroxylation sites is 2. The van der Waals surface area contributed by atoms with E-state index in [-0.39, 0.29) is 11.5 Å². The highest BCUT2D eigenvalue weighted by Gasteiger charge is 2.10. The highest BCUT2D eigenvalue weighted by molar-refractivity contribution is 5.94. The minimum absolute atomic E-state index is 0.0314. The Labute approximate surface area is 144 Å². The molecule has 6 heteroatoms. The lowest BCUT2D eigenvalue weighted by atomic mass is 10.1. The van der Waals surface area contributed by atoms with E-state index in [1.165, 1.54) is 14.0 Å². The topological polar surface area (TPSA) is 70.7 Å². The smallest absolute Gasteiger partial charge is 0.419 e. The lowest BCUT2D eigenvalue weighted by molar-refractivity contribution is 0.101. The number of hydrogen-bond acceptors (Lipinski definition) is 5. The Kier molecular flexibility index (Phi) is 4.88. The summed E-state index contributed by atoms with van der Waals surface area (Å²) in [6.45, 7) is 2.40. The molecule has 0 unspecified atom stereocenters. The van der Waals surface area contributed by atoms with Gasteiger partial charge < -0.3 is 13.9 Å². The Hall–Kier alpha value is -3.02. The van der Waals surface area contributed by atoms with E-state index in [9.17, 15) is 9.59 Å². The lowest BCUT2D eigenvalue weighted by Gasteiger charge is -2.11. The number of Topliss-reactive ketones (excluding diaryl/α,β-unsaturated/α-hetero) is 1. The van der Waals surface area contributed by atoms with Crippen LogP contribution in [0.3, 0.4) is 0 Å². The van der Waals surface area contributed by atoms with Crippen LogP contribution in [0.15, 0.2) is 51.7 Å². The second-order valence-corrected chi connectivity index (χ2v) is 5.61. The average Bonchev–Trinajstić information content (AvgIpc) is 2.94. The number of aromatic nitrogens is 1. The zero-order chi connectivity index (χ0) is 17.8. The van der Waals surface area contributed by atoms with Crippen LogP contribution in [0.25, 0.3) is 11.1 Å². The molecule has 0 spiro atoms. The van der Waals surface area contributed by atoms with Crippen LogP contribution in [0, 0.1) is 0 Å². The Morgan fingerprint density at radius 2 is 1.96 bits per heavy atom. The van der Waals surface area contributed by atoms with Gasteiger partial charge in [0, 0.05) is 12.1 Å². The molecule has 130 valence electrons. The van der Waals surface area contributed by atoms with E-state index in [0.29, 0.717) is 42.2 Å². The minimum Gasteiger partial charge on any atom is -0.493 e. The van der Waals surface area contributed by atoms with Gasteiger partial charge in [0.2, 0.25) is 0 Å². The quantitative estimate of drug-likeness (QED) is 0.487. The van der Waals surface area contributed by atoms with Crippen molar-refractivity contribution in [2.24, 2.45) is 0 Å². The van der Waals surface area contributed by atoms with Crippen molar-refractivity contribution in [3.63, 3.8) is 0 Å². The Morgan fingerprint density at radius 1 is 1.16 bits per heavy atom. The predicted octanol–water partition coefficient (Wildman–Crippen LogP) is 3.27. The van der Waals surface area contributed by atoms with Gasteiger partial charge in [-0.1, -0.05) is 12.1 Å². The van der Waals surface area contributed by atoms with Crippen molar-refractivity contribution >= 4 is 16.9 Å². The van der Waals surface area contributed by atoms with Crippen LogP contribution >= 0.6 is 0 Å². The first kappa shape index (κ1) is 16.8. The average molecular weight is 341 g/mol. The van der Waals surface area contributed by atoms with Crippen LogP contribution in [0.5, 0.6) is 11.5 Å². The summed E-state index contributed by atoms with van der Waals surface area (Å²) >= 11 is 0. The third-order valence-corrected chi connectivity index (χ3v) is 3.93. The number of fused-ring (bicyclic) bond motifs is 1. The maximum absolute atomic E-state index is 11.9. The summed E-state index contributed by atoms with van der Waals surface area (Å²) in [6, 6.07) is 12.4. The normalized spacial score (nSPS) is 10.8. The fourth-order valence-corrected chi connectivity index (χ4v) is 2.64. The van der Waals surface area contributed by atoms with E-state index in [1.807, 2.05) is 18.2 Å². The summed E-state index contributed by atoms with van der Waals surface area (Å²) in [5.41, 5.74) is 1.92. The van der Waals surface area contributed by atoms with Crippen LogP contribution in [-0.2, 0) is 6.54 Å². The summed E-state index contributed by atoms with van der Waals surface area (Å²) in [5.74, 6) is 0.677. The fraction of sp³-hybridized carbons (Fsp3) is 0.263. The first-order valence-electron chi connectivity index (χ1n) is 8.00. The number of ketones is 1. The predicted molar refractivity (Wildman–Crippen MR) is 93.6 cm³/mol. The molecule has 0 saturated heterocycles. The number of carbonyl (C=O) groups excluding carboxylic acids is 1. The van der Waals surface area contributed by atoms with Crippen LogP contribution in [0.1, 0.15) is 23.7 Å². The number of carbonyl (C=O) groups is 1. The molecule has 0 aliphatic carbocycles. The van der Waals surface area contributed by atoms with Gasteiger partial charge in [0.25, 0.3) is 0 Å². The number of ether oxygens (including phenoxy) is 2. The van der Waals surface area contributed by atoms with E-state index < -0.39 is 0 Å². The molecule has 1 heterocycles. The van der Waals surface area contributed by atoms with Gasteiger partial charge in [-0.3, -0.25) is 9.36 Å². The molecule has 0 fully saturated rings. The highest BCUT2D eigenvalue weighted by atomic mass is 16.5. The second-order valence-electron chi connectivity index (χ2n) is 5.61. The molecule has 0 N–H and O–H groups in total. The van der Waals surface area contributed by atoms with Crippen molar-refractivity contribution in [2.75, 3.05) is 13.7 Å². The van der Waals surface area contributed by atoms with Gasteiger partial charge in [0.05, 0.1) is 19.2 Å². The summed E-state index contributed by atoms with van der Waals surface area (Å²) in [6.07, 6.45) is 0.626. The zero-order valence-corrected chi connectivity index (χ0v) is 14.2. The van der Waals surface area contributed by atoms with Gasteiger partial charge in [-0.15, -0.1) is 0 Å². The molecule has 0 atom stereocenters. The van der Waals surface area contributed by atoms with E-state index in [0.717, 1.165) is 5.52 Å². The highest BCUT2D eigenvalue weighted by Crippen LogP contribution is 2.28. The third kappa shape index (κ3) is 3.57. The van der Waals surface area contributed by atoms with Gasteiger partial charge in [0.15, 0.2) is 22.9 Å². The second kappa shape index (κ2) is 7.25. The van der Waals surface area contributed by atoms with E-state index in [1.54, 1.807) is 28.8 Å². The molecule has 0 amide bonds. The van der Waals surface area contributed by atoms with Crippen molar-refractivity contribution in [3.8, 4) is 11.5 Å². The van der Waals surface area contributed by atoms with Crippen LogP contribution in [0.2, 0.25) is 0 Å². The maximum atomic E-state index is 11.9. The van der Waals surface area contributed by atoms with Crippen LogP contribution in [-0.4, -0.2) is 24.1 Å². The molecule has 3 rings (SSSR count). The van der Waals surface area contributed by atoms with Crippen molar-refractivity contribution in [2.45, 2.75) is 19.9 Å². The largest absolute Gasteiger partial charge is 0.493 e.